The van der Waals surface area contributed by atoms with Crippen LogP contribution in [0.2, 0.25) is 0 Å². The number of benzene rings is 2. The number of nitrogens with zero attached hydrogens (tertiary/aromatic N) is 1. The van der Waals surface area contributed by atoms with Gasteiger partial charge < -0.3 is 11.1 Å². The number of anilines is 1. The molecule has 0 radical (unpaired) electrons. The number of nitrogens with two attached hydrogens (primary N) is 1. The first-order valence-corrected chi connectivity index (χ1v) is 8.65. The van der Waals surface area contributed by atoms with E-state index in [9.17, 15) is 4.39 Å². The molecule has 1 heterocycles. The molecule has 0 saturated carbocycles. The van der Waals surface area contributed by atoms with Crippen LogP contribution in [0.5, 0.6) is 0 Å². The minimum Gasteiger partial charge on any atom is -0.389 e. The smallest absolute Gasteiger partial charge is 0.146 e. The molecule has 0 unspecified atom stereocenters. The van der Waals surface area contributed by atoms with Crippen molar-refractivity contribution in [3.8, 4) is 0 Å². The maximum Gasteiger partial charge on any atom is 0.146 e. The molecule has 3 N–H and O–H groups in total. The Hall–Kier alpha value is -1.98. The van der Waals surface area contributed by atoms with E-state index in [0.29, 0.717) is 17.3 Å². The van der Waals surface area contributed by atoms with Crippen molar-refractivity contribution < 1.29 is 4.39 Å². The lowest BCUT2D eigenvalue weighted by atomic mass is 10.0. The average molecular weight is 343 g/mol. The molecule has 1 fully saturated rings. The van der Waals surface area contributed by atoms with Gasteiger partial charge in [0.15, 0.2) is 0 Å². The summed E-state index contributed by atoms with van der Waals surface area (Å²) in [5.74, 6) is -0.299. The van der Waals surface area contributed by atoms with Crippen molar-refractivity contribution in [3.05, 3.63) is 65.5 Å². The average Bonchev–Trinajstić information content (AvgIpc) is 2.59. The third kappa shape index (κ3) is 4.30. The Labute approximate surface area is 147 Å². The first-order chi connectivity index (χ1) is 11.6. The SMILES string of the molecule is NC(=S)c1ccc(NC2CCN(Cc3ccccc3)CC2)c(F)c1. The van der Waals surface area contributed by atoms with E-state index < -0.39 is 0 Å². The highest BCUT2D eigenvalue weighted by Crippen LogP contribution is 2.21. The molecular weight excluding hydrogens is 321 g/mol. The largest absolute Gasteiger partial charge is 0.389 e. The van der Waals surface area contributed by atoms with Crippen molar-refractivity contribution in [2.75, 3.05) is 18.4 Å². The molecule has 1 saturated heterocycles. The van der Waals surface area contributed by atoms with Gasteiger partial charge in [-0.2, -0.15) is 0 Å². The summed E-state index contributed by atoms with van der Waals surface area (Å²) in [6.07, 6.45) is 2.01. The Morgan fingerprint density at radius 3 is 2.50 bits per heavy atom. The van der Waals surface area contributed by atoms with Gasteiger partial charge in [0.05, 0.1) is 5.69 Å². The van der Waals surface area contributed by atoms with E-state index in [-0.39, 0.29) is 10.8 Å². The molecule has 1 aliphatic rings. The van der Waals surface area contributed by atoms with Crippen LogP contribution in [0.4, 0.5) is 10.1 Å². The van der Waals surface area contributed by atoms with Gasteiger partial charge in [0.2, 0.25) is 0 Å². The van der Waals surface area contributed by atoms with Crippen molar-refractivity contribution in [2.45, 2.75) is 25.4 Å². The lowest BCUT2D eigenvalue weighted by Crippen LogP contribution is -2.38. The Bertz CT molecular complexity index is 697. The number of hydrogen-bond acceptors (Lipinski definition) is 3. The highest BCUT2D eigenvalue weighted by Gasteiger charge is 2.20. The summed E-state index contributed by atoms with van der Waals surface area (Å²) >= 11 is 4.88. The van der Waals surface area contributed by atoms with Crippen molar-refractivity contribution >= 4 is 22.9 Å². The zero-order valence-corrected chi connectivity index (χ0v) is 14.4. The van der Waals surface area contributed by atoms with Crippen LogP contribution in [-0.4, -0.2) is 29.0 Å². The van der Waals surface area contributed by atoms with E-state index in [1.165, 1.54) is 11.6 Å². The van der Waals surface area contributed by atoms with Gasteiger partial charge in [-0.3, -0.25) is 4.90 Å². The minimum atomic E-state index is -0.299. The van der Waals surface area contributed by atoms with Crippen LogP contribution in [0.1, 0.15) is 24.0 Å². The third-order valence-electron chi connectivity index (χ3n) is 4.45. The standard InChI is InChI=1S/C19H22FN3S/c20-17-12-15(19(21)24)6-7-18(17)22-16-8-10-23(11-9-16)13-14-4-2-1-3-5-14/h1-7,12,16,22H,8-11,13H2,(H2,21,24). The molecule has 126 valence electrons. The topological polar surface area (TPSA) is 41.3 Å². The molecule has 24 heavy (non-hydrogen) atoms. The van der Waals surface area contributed by atoms with Crippen LogP contribution in [0.15, 0.2) is 48.5 Å². The van der Waals surface area contributed by atoms with Gasteiger partial charge in [-0.05, 0) is 36.6 Å². The summed E-state index contributed by atoms with van der Waals surface area (Å²) in [5, 5.41) is 3.31. The van der Waals surface area contributed by atoms with Gasteiger partial charge in [0, 0.05) is 31.2 Å². The van der Waals surface area contributed by atoms with Crippen LogP contribution >= 0.6 is 12.2 Å². The van der Waals surface area contributed by atoms with Crippen molar-refractivity contribution in [3.63, 3.8) is 0 Å². The molecule has 0 bridgehead atoms. The molecule has 3 rings (SSSR count). The maximum absolute atomic E-state index is 14.1. The van der Waals surface area contributed by atoms with Crippen LogP contribution in [0.3, 0.4) is 0 Å². The summed E-state index contributed by atoms with van der Waals surface area (Å²) in [5.41, 5.74) is 7.96. The van der Waals surface area contributed by atoms with Gasteiger partial charge in [0.1, 0.15) is 10.8 Å². The Kier molecular flexibility index (Phi) is 5.43. The van der Waals surface area contributed by atoms with E-state index in [1.807, 2.05) is 6.07 Å². The van der Waals surface area contributed by atoms with Crippen LogP contribution in [0.25, 0.3) is 0 Å². The van der Waals surface area contributed by atoms with E-state index in [4.69, 9.17) is 18.0 Å². The highest BCUT2D eigenvalue weighted by molar-refractivity contribution is 7.80. The monoisotopic (exact) mass is 343 g/mol. The van der Waals surface area contributed by atoms with Crippen molar-refractivity contribution in [2.24, 2.45) is 5.73 Å². The number of piperidine rings is 1. The predicted octanol–water partition coefficient (Wildman–Crippen LogP) is 3.54. The summed E-state index contributed by atoms with van der Waals surface area (Å²) in [6.45, 7) is 3.00. The second-order valence-corrected chi connectivity index (χ2v) is 6.68. The lowest BCUT2D eigenvalue weighted by Gasteiger charge is -2.33. The molecule has 0 aromatic heterocycles. The first-order valence-electron chi connectivity index (χ1n) is 8.24. The van der Waals surface area contributed by atoms with Gasteiger partial charge in [-0.15, -0.1) is 0 Å². The van der Waals surface area contributed by atoms with Gasteiger partial charge in [-0.25, -0.2) is 4.39 Å². The minimum absolute atomic E-state index is 0.217. The van der Waals surface area contributed by atoms with Crippen LogP contribution in [-0.2, 0) is 6.54 Å². The quantitative estimate of drug-likeness (QED) is 0.815. The summed E-state index contributed by atoms with van der Waals surface area (Å²) in [7, 11) is 0. The summed E-state index contributed by atoms with van der Waals surface area (Å²) in [4.78, 5) is 2.66. The molecule has 0 aliphatic carbocycles. The second-order valence-electron chi connectivity index (χ2n) is 6.24. The summed E-state index contributed by atoms with van der Waals surface area (Å²) < 4.78 is 14.1. The molecular formula is C19H22FN3S. The number of rotatable bonds is 5. The Morgan fingerprint density at radius 1 is 1.17 bits per heavy atom. The van der Waals surface area contributed by atoms with Gasteiger partial charge in [0.25, 0.3) is 0 Å². The number of nitrogens with one attached hydrogen (secondary N) is 1. The Balaban J connectivity index is 1.53. The van der Waals surface area contributed by atoms with Crippen molar-refractivity contribution in [1.82, 2.24) is 4.90 Å². The predicted molar refractivity (Wildman–Crippen MR) is 101 cm³/mol. The third-order valence-corrected chi connectivity index (χ3v) is 4.69. The molecule has 2 aromatic rings. The molecule has 3 nitrogen and oxygen atoms in total. The maximum atomic E-state index is 14.1. The molecule has 0 spiro atoms. The molecule has 2 aromatic carbocycles. The van der Waals surface area contributed by atoms with Crippen LogP contribution < -0.4 is 11.1 Å². The first kappa shape index (κ1) is 16.9. The van der Waals surface area contributed by atoms with E-state index >= 15 is 0 Å². The number of hydrogen-bond donors (Lipinski definition) is 2. The highest BCUT2D eigenvalue weighted by atomic mass is 32.1. The Morgan fingerprint density at radius 2 is 1.88 bits per heavy atom. The molecule has 0 atom stereocenters. The van der Waals surface area contributed by atoms with E-state index in [1.54, 1.807) is 12.1 Å². The number of halogens is 1. The summed E-state index contributed by atoms with van der Waals surface area (Å²) in [6, 6.07) is 15.7. The van der Waals surface area contributed by atoms with E-state index in [2.05, 4.69) is 34.5 Å². The fourth-order valence-corrected chi connectivity index (χ4v) is 3.21. The number of likely N-dealkylation sites (tertiary alicyclic amines) is 1. The second kappa shape index (κ2) is 7.73. The van der Waals surface area contributed by atoms with Crippen molar-refractivity contribution in [1.29, 1.82) is 0 Å². The van der Waals surface area contributed by atoms with Crippen LogP contribution in [0, 0.1) is 5.82 Å². The van der Waals surface area contributed by atoms with Gasteiger partial charge in [-0.1, -0.05) is 42.5 Å². The fraction of sp³-hybridized carbons (Fsp3) is 0.316. The zero-order valence-electron chi connectivity index (χ0n) is 13.5. The zero-order chi connectivity index (χ0) is 16.9. The molecule has 1 aliphatic heterocycles. The molecule has 5 heteroatoms. The molecule has 0 amide bonds. The normalized spacial score (nSPS) is 16.0. The van der Waals surface area contributed by atoms with E-state index in [0.717, 1.165) is 32.5 Å². The van der Waals surface area contributed by atoms with Gasteiger partial charge >= 0.3 is 0 Å². The lowest BCUT2D eigenvalue weighted by molar-refractivity contribution is 0.211. The number of thiocarbonyl (C=S) groups is 1. The fourth-order valence-electron chi connectivity index (χ4n) is 3.08.